The van der Waals surface area contributed by atoms with Gasteiger partial charge in [0.15, 0.2) is 0 Å². The van der Waals surface area contributed by atoms with Gasteiger partial charge in [0, 0.05) is 39.3 Å². The number of carbonyl (C=O) groups excluding carboxylic acids is 1. The Morgan fingerprint density at radius 2 is 2.00 bits per heavy atom. The third kappa shape index (κ3) is 4.76. The Bertz CT molecular complexity index is 569. The number of hydrazine groups is 1. The molecule has 6 nitrogen and oxygen atoms in total. The number of methoxy groups -OCH3 is 1. The number of nitrogens with zero attached hydrogens (tertiary/aromatic N) is 2. The molecule has 1 aromatic rings. The van der Waals surface area contributed by atoms with Crippen molar-refractivity contribution in [1.29, 1.82) is 0 Å². The molecule has 2 heterocycles. The van der Waals surface area contributed by atoms with Crippen LogP contribution in [-0.4, -0.2) is 68.2 Å². The van der Waals surface area contributed by atoms with Gasteiger partial charge in [0.1, 0.15) is 11.9 Å². The maximum Gasteiger partial charge on any atom is 0.241 e. The lowest BCUT2D eigenvalue weighted by Crippen LogP contribution is -2.46. The Morgan fingerprint density at radius 1 is 1.20 bits per heavy atom. The molecule has 2 aliphatic heterocycles. The van der Waals surface area contributed by atoms with Crippen LogP contribution >= 0.6 is 0 Å². The second kappa shape index (κ2) is 8.71. The van der Waals surface area contributed by atoms with Crippen LogP contribution in [0.5, 0.6) is 0 Å². The number of halogens is 1. The van der Waals surface area contributed by atoms with E-state index in [4.69, 9.17) is 4.74 Å². The highest BCUT2D eigenvalue weighted by molar-refractivity contribution is 5.82. The predicted octanol–water partition coefficient (Wildman–Crippen LogP) is 0.914. The minimum atomic E-state index is -0.245. The summed E-state index contributed by atoms with van der Waals surface area (Å²) < 4.78 is 18.2. The van der Waals surface area contributed by atoms with Crippen molar-refractivity contribution < 1.29 is 13.9 Å². The van der Waals surface area contributed by atoms with E-state index >= 15 is 0 Å². The van der Waals surface area contributed by atoms with E-state index in [0.717, 1.165) is 51.3 Å². The molecule has 2 fully saturated rings. The SMILES string of the molecule is COCCN1CCCN(C(=O)C2CC(c3ccc(F)cc3)NN2)CC1. The summed E-state index contributed by atoms with van der Waals surface area (Å²) in [5.41, 5.74) is 7.27. The summed E-state index contributed by atoms with van der Waals surface area (Å²) in [6.07, 6.45) is 1.66. The molecule has 0 saturated carbocycles. The predicted molar refractivity (Wildman–Crippen MR) is 93.3 cm³/mol. The highest BCUT2D eigenvalue weighted by atomic mass is 19.1. The first-order chi connectivity index (χ1) is 12.2. The number of carbonyl (C=O) groups is 1. The van der Waals surface area contributed by atoms with Gasteiger partial charge in [0.05, 0.1) is 6.61 Å². The molecule has 1 amide bonds. The molecule has 2 saturated heterocycles. The number of amides is 1. The van der Waals surface area contributed by atoms with E-state index in [-0.39, 0.29) is 23.8 Å². The lowest BCUT2D eigenvalue weighted by atomic mass is 10.0. The van der Waals surface area contributed by atoms with Gasteiger partial charge in [-0.3, -0.25) is 9.69 Å². The lowest BCUT2D eigenvalue weighted by Gasteiger charge is -2.24. The van der Waals surface area contributed by atoms with Crippen molar-refractivity contribution in [2.24, 2.45) is 0 Å². The molecule has 0 aromatic heterocycles. The minimum absolute atomic E-state index is 0.0275. The van der Waals surface area contributed by atoms with Crippen LogP contribution in [0.25, 0.3) is 0 Å². The fraction of sp³-hybridized carbons (Fsp3) is 0.611. The Kier molecular flexibility index (Phi) is 6.36. The zero-order valence-corrected chi connectivity index (χ0v) is 14.7. The summed E-state index contributed by atoms with van der Waals surface area (Å²) in [5, 5.41) is 0. The number of benzene rings is 1. The van der Waals surface area contributed by atoms with E-state index < -0.39 is 0 Å². The zero-order valence-electron chi connectivity index (χ0n) is 14.7. The van der Waals surface area contributed by atoms with Crippen LogP contribution in [0.3, 0.4) is 0 Å². The number of hydrogen-bond acceptors (Lipinski definition) is 5. The third-order valence-corrected chi connectivity index (χ3v) is 4.99. The molecule has 3 rings (SSSR count). The highest BCUT2D eigenvalue weighted by Crippen LogP contribution is 2.23. The number of hydrogen-bond donors (Lipinski definition) is 2. The van der Waals surface area contributed by atoms with Gasteiger partial charge in [-0.25, -0.2) is 15.2 Å². The van der Waals surface area contributed by atoms with Crippen molar-refractivity contribution >= 4 is 5.91 Å². The monoisotopic (exact) mass is 350 g/mol. The van der Waals surface area contributed by atoms with Gasteiger partial charge in [-0.05, 0) is 37.1 Å². The number of nitrogens with one attached hydrogen (secondary N) is 2. The van der Waals surface area contributed by atoms with Gasteiger partial charge in [-0.2, -0.15) is 0 Å². The molecule has 25 heavy (non-hydrogen) atoms. The topological polar surface area (TPSA) is 56.8 Å². The Labute approximate surface area is 148 Å². The van der Waals surface area contributed by atoms with Crippen molar-refractivity contribution in [3.63, 3.8) is 0 Å². The van der Waals surface area contributed by atoms with E-state index in [1.807, 2.05) is 4.90 Å². The van der Waals surface area contributed by atoms with Crippen LogP contribution in [0, 0.1) is 5.82 Å². The number of rotatable bonds is 5. The average Bonchev–Trinajstić information content (AvgIpc) is 2.99. The van der Waals surface area contributed by atoms with Crippen LogP contribution < -0.4 is 10.9 Å². The fourth-order valence-electron chi connectivity index (χ4n) is 3.49. The van der Waals surface area contributed by atoms with Crippen LogP contribution in [0.15, 0.2) is 24.3 Å². The largest absolute Gasteiger partial charge is 0.383 e. The van der Waals surface area contributed by atoms with Gasteiger partial charge in [0.2, 0.25) is 5.91 Å². The molecule has 2 unspecified atom stereocenters. The molecule has 0 spiro atoms. The quantitative estimate of drug-likeness (QED) is 0.827. The molecular weight excluding hydrogens is 323 g/mol. The fourth-order valence-corrected chi connectivity index (χ4v) is 3.49. The molecule has 0 radical (unpaired) electrons. The normalized spacial score (nSPS) is 25.1. The molecule has 0 aliphatic carbocycles. The summed E-state index contributed by atoms with van der Waals surface area (Å²) in [7, 11) is 1.71. The molecule has 138 valence electrons. The van der Waals surface area contributed by atoms with Crippen LogP contribution in [0.4, 0.5) is 4.39 Å². The second-order valence-electron chi connectivity index (χ2n) is 6.69. The highest BCUT2D eigenvalue weighted by Gasteiger charge is 2.33. The third-order valence-electron chi connectivity index (χ3n) is 4.99. The minimum Gasteiger partial charge on any atom is -0.383 e. The van der Waals surface area contributed by atoms with Crippen molar-refractivity contribution in [3.8, 4) is 0 Å². The standard InChI is InChI=1S/C18H27FN4O2/c1-25-12-11-22-7-2-8-23(10-9-22)18(24)17-13-16(20-21-17)14-3-5-15(19)6-4-14/h3-6,16-17,20-21H,2,7-13H2,1H3. The summed E-state index contributed by atoms with van der Waals surface area (Å²) in [6, 6.07) is 6.23. The molecule has 2 aliphatic rings. The lowest BCUT2D eigenvalue weighted by molar-refractivity contribution is -0.133. The van der Waals surface area contributed by atoms with Crippen LogP contribution in [0.2, 0.25) is 0 Å². The molecule has 2 N–H and O–H groups in total. The van der Waals surface area contributed by atoms with Crippen LogP contribution in [-0.2, 0) is 9.53 Å². The van der Waals surface area contributed by atoms with Gasteiger partial charge >= 0.3 is 0 Å². The van der Waals surface area contributed by atoms with E-state index in [2.05, 4.69) is 15.8 Å². The van der Waals surface area contributed by atoms with E-state index in [1.54, 1.807) is 19.2 Å². The molecule has 1 aromatic carbocycles. The van der Waals surface area contributed by atoms with E-state index in [9.17, 15) is 9.18 Å². The van der Waals surface area contributed by atoms with Crippen molar-refractivity contribution in [1.82, 2.24) is 20.7 Å². The van der Waals surface area contributed by atoms with Crippen molar-refractivity contribution in [3.05, 3.63) is 35.6 Å². The summed E-state index contributed by atoms with van der Waals surface area (Å²) in [5.74, 6) is -0.101. The average molecular weight is 350 g/mol. The van der Waals surface area contributed by atoms with E-state index in [1.165, 1.54) is 12.1 Å². The maximum absolute atomic E-state index is 13.1. The Hall–Kier alpha value is -1.54. The van der Waals surface area contributed by atoms with Gasteiger partial charge in [0.25, 0.3) is 0 Å². The zero-order chi connectivity index (χ0) is 17.6. The molecule has 0 bridgehead atoms. The number of ether oxygens (including phenoxy) is 1. The molecule has 2 atom stereocenters. The second-order valence-corrected chi connectivity index (χ2v) is 6.69. The van der Waals surface area contributed by atoms with E-state index in [0.29, 0.717) is 6.42 Å². The molecular formula is C18H27FN4O2. The Balaban J connectivity index is 1.52. The van der Waals surface area contributed by atoms with Crippen molar-refractivity contribution in [2.75, 3.05) is 46.4 Å². The Morgan fingerprint density at radius 3 is 2.76 bits per heavy atom. The maximum atomic E-state index is 13.1. The van der Waals surface area contributed by atoms with Crippen LogP contribution in [0.1, 0.15) is 24.4 Å². The molecule has 7 heteroatoms. The van der Waals surface area contributed by atoms with Gasteiger partial charge in [-0.15, -0.1) is 0 Å². The van der Waals surface area contributed by atoms with Gasteiger partial charge in [-0.1, -0.05) is 12.1 Å². The first kappa shape index (κ1) is 18.3. The van der Waals surface area contributed by atoms with Gasteiger partial charge < -0.3 is 9.64 Å². The first-order valence-electron chi connectivity index (χ1n) is 8.94. The van der Waals surface area contributed by atoms with Crippen molar-refractivity contribution in [2.45, 2.75) is 24.9 Å². The first-order valence-corrected chi connectivity index (χ1v) is 8.94. The summed E-state index contributed by atoms with van der Waals surface area (Å²) >= 11 is 0. The summed E-state index contributed by atoms with van der Waals surface area (Å²) in [4.78, 5) is 17.1. The summed E-state index contributed by atoms with van der Waals surface area (Å²) in [6.45, 7) is 5.07. The smallest absolute Gasteiger partial charge is 0.241 e.